The second-order valence-corrected chi connectivity index (χ2v) is 5.30. The number of hydrogen-bond acceptors (Lipinski definition) is 3. The molecule has 1 unspecified atom stereocenters. The van der Waals surface area contributed by atoms with E-state index >= 15 is 0 Å². The number of rotatable bonds is 4. The van der Waals surface area contributed by atoms with Gasteiger partial charge < -0.3 is 4.74 Å². The summed E-state index contributed by atoms with van der Waals surface area (Å²) >= 11 is 6.12. The SMILES string of the molecule is CCC(C)c1ccccc1Oc1nc(C)c(C)nc1Cl. The Morgan fingerprint density at radius 2 is 1.80 bits per heavy atom. The van der Waals surface area contributed by atoms with Crippen molar-refractivity contribution in [3.05, 3.63) is 46.4 Å². The lowest BCUT2D eigenvalue weighted by atomic mass is 9.98. The molecule has 0 saturated heterocycles. The molecule has 1 heterocycles. The number of aryl methyl sites for hydroxylation is 2. The van der Waals surface area contributed by atoms with E-state index < -0.39 is 0 Å². The van der Waals surface area contributed by atoms with E-state index in [0.29, 0.717) is 17.0 Å². The standard InChI is InChI=1S/C16H19ClN2O/c1-5-10(2)13-8-6-7-9-14(13)20-16-15(17)18-11(3)12(4)19-16/h6-10H,5H2,1-4H3. The lowest BCUT2D eigenvalue weighted by molar-refractivity contribution is 0.448. The van der Waals surface area contributed by atoms with Crippen LogP contribution < -0.4 is 4.74 Å². The third-order valence-corrected chi connectivity index (χ3v) is 3.75. The first-order chi connectivity index (χ1) is 9.52. The normalized spacial score (nSPS) is 12.2. The van der Waals surface area contributed by atoms with Crippen LogP contribution in [0.15, 0.2) is 24.3 Å². The minimum absolute atomic E-state index is 0.298. The summed E-state index contributed by atoms with van der Waals surface area (Å²) in [7, 11) is 0. The number of aromatic nitrogens is 2. The van der Waals surface area contributed by atoms with Gasteiger partial charge in [-0.25, -0.2) is 9.97 Å². The number of nitrogens with zero attached hydrogens (tertiary/aromatic N) is 2. The first-order valence-corrected chi connectivity index (χ1v) is 7.18. The Morgan fingerprint density at radius 3 is 2.50 bits per heavy atom. The highest BCUT2D eigenvalue weighted by Gasteiger charge is 2.14. The molecule has 0 aliphatic rings. The van der Waals surface area contributed by atoms with Crippen LogP contribution in [0.25, 0.3) is 0 Å². The Bertz CT molecular complexity index is 613. The lowest BCUT2D eigenvalue weighted by Crippen LogP contribution is -2.00. The first-order valence-electron chi connectivity index (χ1n) is 6.80. The molecular weight excluding hydrogens is 272 g/mol. The Balaban J connectivity index is 2.38. The van der Waals surface area contributed by atoms with Crippen molar-refractivity contribution in [2.75, 3.05) is 0 Å². The van der Waals surface area contributed by atoms with E-state index in [0.717, 1.165) is 29.1 Å². The number of benzene rings is 1. The molecule has 0 spiro atoms. The number of hydrogen-bond donors (Lipinski definition) is 0. The highest BCUT2D eigenvalue weighted by molar-refractivity contribution is 6.30. The van der Waals surface area contributed by atoms with E-state index in [4.69, 9.17) is 16.3 Å². The fourth-order valence-corrected chi connectivity index (χ4v) is 2.13. The third-order valence-electron chi connectivity index (χ3n) is 3.50. The summed E-state index contributed by atoms with van der Waals surface area (Å²) in [5.41, 5.74) is 2.80. The van der Waals surface area contributed by atoms with Crippen LogP contribution in [0, 0.1) is 13.8 Å². The predicted octanol–water partition coefficient (Wildman–Crippen LogP) is 5.05. The monoisotopic (exact) mass is 290 g/mol. The summed E-state index contributed by atoms with van der Waals surface area (Å²) in [5.74, 6) is 1.58. The molecule has 0 radical (unpaired) electrons. The van der Waals surface area contributed by atoms with Crippen molar-refractivity contribution in [1.82, 2.24) is 9.97 Å². The maximum atomic E-state index is 6.12. The summed E-state index contributed by atoms with van der Waals surface area (Å²) < 4.78 is 5.89. The molecule has 106 valence electrons. The molecular formula is C16H19ClN2O. The zero-order valence-electron chi connectivity index (χ0n) is 12.3. The van der Waals surface area contributed by atoms with E-state index in [1.807, 2.05) is 32.0 Å². The van der Waals surface area contributed by atoms with Crippen molar-refractivity contribution < 1.29 is 4.74 Å². The molecule has 1 aromatic carbocycles. The van der Waals surface area contributed by atoms with Gasteiger partial charge in [-0.1, -0.05) is 43.6 Å². The van der Waals surface area contributed by atoms with Gasteiger partial charge in [-0.2, -0.15) is 0 Å². The number of halogens is 1. The molecule has 0 aliphatic carbocycles. The van der Waals surface area contributed by atoms with Crippen molar-refractivity contribution in [2.45, 2.75) is 40.0 Å². The van der Waals surface area contributed by atoms with E-state index in [1.54, 1.807) is 0 Å². The Labute approximate surface area is 125 Å². The molecule has 1 aromatic heterocycles. The van der Waals surface area contributed by atoms with Crippen LogP contribution in [0.3, 0.4) is 0 Å². The third kappa shape index (κ3) is 3.10. The minimum Gasteiger partial charge on any atom is -0.436 e. The van der Waals surface area contributed by atoms with Crippen molar-refractivity contribution in [1.29, 1.82) is 0 Å². The number of ether oxygens (including phenoxy) is 1. The maximum absolute atomic E-state index is 6.12. The summed E-state index contributed by atoms with van der Waals surface area (Å²) in [5, 5.41) is 0.298. The summed E-state index contributed by atoms with van der Waals surface area (Å²) in [6, 6.07) is 7.98. The van der Waals surface area contributed by atoms with Crippen LogP contribution >= 0.6 is 11.6 Å². The van der Waals surface area contributed by atoms with Crippen LogP contribution in [0.2, 0.25) is 5.15 Å². The zero-order valence-corrected chi connectivity index (χ0v) is 13.0. The summed E-state index contributed by atoms with van der Waals surface area (Å²) in [6.45, 7) is 8.11. The van der Waals surface area contributed by atoms with Gasteiger partial charge in [0.25, 0.3) is 5.88 Å². The average Bonchev–Trinajstić information content (AvgIpc) is 2.44. The van der Waals surface area contributed by atoms with Gasteiger partial charge >= 0.3 is 0 Å². The van der Waals surface area contributed by atoms with E-state index in [-0.39, 0.29) is 0 Å². The van der Waals surface area contributed by atoms with Gasteiger partial charge in [0, 0.05) is 0 Å². The second kappa shape index (κ2) is 6.23. The van der Waals surface area contributed by atoms with Crippen LogP contribution in [0.1, 0.15) is 43.1 Å². The van der Waals surface area contributed by atoms with Crippen LogP contribution in [0.4, 0.5) is 0 Å². The van der Waals surface area contributed by atoms with Crippen molar-refractivity contribution in [3.63, 3.8) is 0 Å². The van der Waals surface area contributed by atoms with Crippen LogP contribution in [0.5, 0.6) is 11.6 Å². The van der Waals surface area contributed by atoms with Crippen LogP contribution in [-0.2, 0) is 0 Å². The molecule has 0 fully saturated rings. The molecule has 2 rings (SSSR count). The quantitative estimate of drug-likeness (QED) is 0.790. The Kier molecular flexibility index (Phi) is 4.61. The lowest BCUT2D eigenvalue weighted by Gasteiger charge is -2.15. The molecule has 4 heteroatoms. The van der Waals surface area contributed by atoms with Crippen molar-refractivity contribution in [3.8, 4) is 11.6 Å². The Hall–Kier alpha value is -1.61. The molecule has 2 aromatic rings. The largest absolute Gasteiger partial charge is 0.436 e. The minimum atomic E-state index is 0.298. The topological polar surface area (TPSA) is 35.0 Å². The van der Waals surface area contributed by atoms with Gasteiger partial charge in [0.2, 0.25) is 0 Å². The fourth-order valence-electron chi connectivity index (χ4n) is 1.92. The molecule has 0 N–H and O–H groups in total. The average molecular weight is 291 g/mol. The van der Waals surface area contributed by atoms with Crippen LogP contribution in [-0.4, -0.2) is 9.97 Å². The van der Waals surface area contributed by atoms with Gasteiger partial charge in [-0.3, -0.25) is 0 Å². The van der Waals surface area contributed by atoms with Crippen molar-refractivity contribution in [2.24, 2.45) is 0 Å². The highest BCUT2D eigenvalue weighted by atomic mass is 35.5. The smallest absolute Gasteiger partial charge is 0.257 e. The zero-order chi connectivity index (χ0) is 14.7. The Morgan fingerprint density at radius 1 is 1.15 bits per heavy atom. The van der Waals surface area contributed by atoms with E-state index in [1.165, 1.54) is 0 Å². The molecule has 1 atom stereocenters. The molecule has 0 aliphatic heterocycles. The number of para-hydroxylation sites is 1. The first kappa shape index (κ1) is 14.8. The fraction of sp³-hybridized carbons (Fsp3) is 0.375. The predicted molar refractivity (Wildman–Crippen MR) is 81.7 cm³/mol. The van der Waals surface area contributed by atoms with Crippen molar-refractivity contribution >= 4 is 11.6 Å². The highest BCUT2D eigenvalue weighted by Crippen LogP contribution is 2.33. The molecule has 3 nitrogen and oxygen atoms in total. The summed E-state index contributed by atoms with van der Waals surface area (Å²) in [6.07, 6.45) is 1.05. The molecule has 0 amide bonds. The molecule has 20 heavy (non-hydrogen) atoms. The van der Waals surface area contributed by atoms with Gasteiger partial charge in [-0.05, 0) is 37.8 Å². The van der Waals surface area contributed by atoms with E-state index in [9.17, 15) is 0 Å². The molecule has 0 bridgehead atoms. The summed E-state index contributed by atoms with van der Waals surface area (Å²) in [4.78, 5) is 8.62. The molecule has 0 saturated carbocycles. The van der Waals surface area contributed by atoms with Gasteiger partial charge in [0.1, 0.15) is 5.75 Å². The van der Waals surface area contributed by atoms with E-state index in [2.05, 4.69) is 29.9 Å². The van der Waals surface area contributed by atoms with Gasteiger partial charge in [0.05, 0.1) is 11.4 Å². The maximum Gasteiger partial charge on any atom is 0.257 e. The van der Waals surface area contributed by atoms with Gasteiger partial charge in [0.15, 0.2) is 5.15 Å². The second-order valence-electron chi connectivity index (χ2n) is 4.94. The van der Waals surface area contributed by atoms with Gasteiger partial charge in [-0.15, -0.1) is 0 Å².